The van der Waals surface area contributed by atoms with Gasteiger partial charge in [-0.25, -0.2) is 4.98 Å². The number of aromatic nitrogens is 1. The number of nitrogens with one attached hydrogen (secondary N) is 1. The first-order valence-electron chi connectivity index (χ1n) is 7.30. The fourth-order valence-electron chi connectivity index (χ4n) is 3.18. The topological polar surface area (TPSA) is 50.9 Å². The van der Waals surface area contributed by atoms with Gasteiger partial charge in [0.2, 0.25) is 0 Å². The van der Waals surface area contributed by atoms with Gasteiger partial charge in [0.1, 0.15) is 5.82 Å². The zero-order valence-corrected chi connectivity index (χ0v) is 12.4. The van der Waals surface area contributed by atoms with Crippen LogP contribution in [0.4, 0.5) is 5.82 Å². The number of nitrogens with two attached hydrogens (primary N) is 1. The van der Waals surface area contributed by atoms with Gasteiger partial charge < -0.3 is 11.1 Å². The summed E-state index contributed by atoms with van der Waals surface area (Å²) < 4.78 is 0. The second-order valence-corrected chi connectivity index (χ2v) is 5.94. The minimum atomic E-state index is 0.268. The van der Waals surface area contributed by atoms with E-state index < -0.39 is 0 Å². The molecule has 3 nitrogen and oxygen atoms in total. The van der Waals surface area contributed by atoms with Crippen LogP contribution in [0.5, 0.6) is 0 Å². The smallest absolute Gasteiger partial charge is 0.128 e. The van der Waals surface area contributed by atoms with Gasteiger partial charge in [0, 0.05) is 17.8 Å². The fraction of sp³-hybridized carbons (Fsp3) is 0.667. The highest BCUT2D eigenvalue weighted by Crippen LogP contribution is 2.35. The second-order valence-electron chi connectivity index (χ2n) is 5.50. The molecule has 19 heavy (non-hydrogen) atoms. The van der Waals surface area contributed by atoms with E-state index in [4.69, 9.17) is 17.3 Å². The average molecular weight is 282 g/mol. The summed E-state index contributed by atoms with van der Waals surface area (Å²) in [5.74, 6) is 1.23. The molecule has 0 bridgehead atoms. The van der Waals surface area contributed by atoms with Crippen molar-refractivity contribution >= 4 is 17.4 Å². The zero-order chi connectivity index (χ0) is 13.7. The molecule has 0 saturated heterocycles. The van der Waals surface area contributed by atoms with Gasteiger partial charge in [0.15, 0.2) is 0 Å². The Balaban J connectivity index is 2.19. The summed E-state index contributed by atoms with van der Waals surface area (Å²) in [5.41, 5.74) is 7.09. The first kappa shape index (κ1) is 14.6. The van der Waals surface area contributed by atoms with E-state index in [1.165, 1.54) is 44.9 Å². The van der Waals surface area contributed by atoms with Gasteiger partial charge >= 0.3 is 0 Å². The van der Waals surface area contributed by atoms with Crippen LogP contribution < -0.4 is 11.1 Å². The molecule has 1 heterocycles. The van der Waals surface area contributed by atoms with Crippen LogP contribution in [0.2, 0.25) is 5.02 Å². The van der Waals surface area contributed by atoms with Crippen LogP contribution in [0.3, 0.4) is 0 Å². The largest absolute Gasteiger partial charge is 0.383 e. The maximum absolute atomic E-state index is 6.07. The van der Waals surface area contributed by atoms with Crippen molar-refractivity contribution in [2.24, 2.45) is 5.92 Å². The Kier molecular flexibility index (Phi) is 5.46. The molecular formula is C15H24ClN3. The van der Waals surface area contributed by atoms with E-state index in [0.29, 0.717) is 16.8 Å². The van der Waals surface area contributed by atoms with Gasteiger partial charge in [0.25, 0.3) is 0 Å². The van der Waals surface area contributed by atoms with Crippen LogP contribution >= 0.6 is 11.6 Å². The van der Waals surface area contributed by atoms with Crippen molar-refractivity contribution in [1.82, 2.24) is 10.3 Å². The molecule has 0 aliphatic heterocycles. The Morgan fingerprint density at radius 3 is 2.53 bits per heavy atom. The van der Waals surface area contributed by atoms with Gasteiger partial charge in [-0.15, -0.1) is 0 Å². The van der Waals surface area contributed by atoms with E-state index in [1.54, 1.807) is 6.20 Å². The van der Waals surface area contributed by atoms with Crippen molar-refractivity contribution in [3.8, 4) is 0 Å². The molecule has 1 unspecified atom stereocenters. The molecule has 1 fully saturated rings. The first-order chi connectivity index (χ1) is 9.22. The lowest BCUT2D eigenvalue weighted by molar-refractivity contribution is 0.300. The molecule has 0 radical (unpaired) electrons. The normalized spacial score (nSPS) is 19.7. The molecule has 1 atom stereocenters. The lowest BCUT2D eigenvalue weighted by Crippen LogP contribution is -2.27. The summed E-state index contributed by atoms with van der Waals surface area (Å²) in [4.78, 5) is 4.19. The van der Waals surface area contributed by atoms with Crippen molar-refractivity contribution in [3.05, 3.63) is 22.8 Å². The Hall–Kier alpha value is -0.800. The summed E-state index contributed by atoms with van der Waals surface area (Å²) >= 11 is 6.07. The standard InChI is InChI=1S/C15H24ClN3/c1-18-14(11-7-5-3-2-4-6-8-11)13-9-12(16)10-19-15(13)17/h9-11,14,18H,2-8H2,1H3,(H2,17,19). The van der Waals surface area contributed by atoms with E-state index in [-0.39, 0.29) is 6.04 Å². The van der Waals surface area contributed by atoms with E-state index >= 15 is 0 Å². The molecule has 106 valence electrons. The third kappa shape index (κ3) is 3.83. The van der Waals surface area contributed by atoms with Crippen molar-refractivity contribution < 1.29 is 0 Å². The van der Waals surface area contributed by atoms with E-state index in [1.807, 2.05) is 13.1 Å². The second kappa shape index (κ2) is 7.11. The lowest BCUT2D eigenvalue weighted by Gasteiger charge is -2.29. The first-order valence-corrected chi connectivity index (χ1v) is 7.68. The van der Waals surface area contributed by atoms with E-state index in [2.05, 4.69) is 10.3 Å². The molecule has 4 heteroatoms. The van der Waals surface area contributed by atoms with Crippen LogP contribution in [0.25, 0.3) is 0 Å². The van der Waals surface area contributed by atoms with Gasteiger partial charge in [-0.05, 0) is 31.9 Å². The number of rotatable bonds is 3. The predicted octanol–water partition coefficient (Wildman–Crippen LogP) is 3.94. The minimum Gasteiger partial charge on any atom is -0.383 e. The van der Waals surface area contributed by atoms with Crippen molar-refractivity contribution in [2.45, 2.75) is 51.0 Å². The summed E-state index contributed by atoms with van der Waals surface area (Å²) in [7, 11) is 2.00. The predicted molar refractivity (Wildman–Crippen MR) is 81.3 cm³/mol. The molecule has 1 aromatic rings. The fourth-order valence-corrected chi connectivity index (χ4v) is 3.35. The molecule has 1 saturated carbocycles. The highest BCUT2D eigenvalue weighted by Gasteiger charge is 2.24. The molecule has 0 aromatic carbocycles. The monoisotopic (exact) mass is 281 g/mol. The number of nitrogen functional groups attached to an aromatic ring is 1. The van der Waals surface area contributed by atoms with Gasteiger partial charge in [-0.3, -0.25) is 0 Å². The van der Waals surface area contributed by atoms with Crippen molar-refractivity contribution in [3.63, 3.8) is 0 Å². The molecule has 1 aliphatic carbocycles. The summed E-state index contributed by atoms with van der Waals surface area (Å²) in [6, 6.07) is 2.23. The Bertz CT molecular complexity index is 400. The zero-order valence-electron chi connectivity index (χ0n) is 11.7. The summed E-state index contributed by atoms with van der Waals surface area (Å²) in [5, 5.41) is 4.09. The Morgan fingerprint density at radius 1 is 1.26 bits per heavy atom. The molecule has 0 spiro atoms. The Morgan fingerprint density at radius 2 is 1.89 bits per heavy atom. The number of hydrogen-bond acceptors (Lipinski definition) is 3. The van der Waals surface area contributed by atoms with Gasteiger partial charge in [-0.2, -0.15) is 0 Å². The number of hydrogen-bond donors (Lipinski definition) is 2. The molecule has 1 aromatic heterocycles. The summed E-state index contributed by atoms with van der Waals surface area (Å²) in [6.07, 6.45) is 10.9. The van der Waals surface area contributed by atoms with Gasteiger partial charge in [0.05, 0.1) is 5.02 Å². The lowest BCUT2D eigenvalue weighted by atomic mass is 9.83. The summed E-state index contributed by atoms with van der Waals surface area (Å²) in [6.45, 7) is 0. The number of anilines is 1. The van der Waals surface area contributed by atoms with Crippen molar-refractivity contribution in [2.75, 3.05) is 12.8 Å². The highest BCUT2D eigenvalue weighted by molar-refractivity contribution is 6.30. The number of pyridine rings is 1. The SMILES string of the molecule is CNC(c1cc(Cl)cnc1N)C1CCCCCCC1. The molecule has 0 amide bonds. The van der Waals surface area contributed by atoms with Crippen LogP contribution in [0, 0.1) is 5.92 Å². The van der Waals surface area contributed by atoms with Crippen LogP contribution in [0.1, 0.15) is 56.6 Å². The maximum Gasteiger partial charge on any atom is 0.128 e. The van der Waals surface area contributed by atoms with Crippen LogP contribution in [-0.4, -0.2) is 12.0 Å². The third-order valence-electron chi connectivity index (χ3n) is 4.18. The Labute approximate surface area is 120 Å². The third-order valence-corrected chi connectivity index (χ3v) is 4.39. The van der Waals surface area contributed by atoms with Crippen LogP contribution in [0.15, 0.2) is 12.3 Å². The molecule has 1 aliphatic rings. The molecular weight excluding hydrogens is 258 g/mol. The molecule has 2 rings (SSSR count). The highest BCUT2D eigenvalue weighted by atomic mass is 35.5. The van der Waals surface area contributed by atoms with Gasteiger partial charge in [-0.1, -0.05) is 43.7 Å². The van der Waals surface area contributed by atoms with Crippen LogP contribution in [-0.2, 0) is 0 Å². The number of nitrogens with zero attached hydrogens (tertiary/aromatic N) is 1. The quantitative estimate of drug-likeness (QED) is 0.882. The van der Waals surface area contributed by atoms with E-state index in [0.717, 1.165) is 5.56 Å². The van der Waals surface area contributed by atoms with E-state index in [9.17, 15) is 0 Å². The average Bonchev–Trinajstić information content (AvgIpc) is 2.36. The molecule has 3 N–H and O–H groups in total. The minimum absolute atomic E-state index is 0.268. The van der Waals surface area contributed by atoms with Crippen molar-refractivity contribution in [1.29, 1.82) is 0 Å². The maximum atomic E-state index is 6.07. The number of halogens is 1.